The summed E-state index contributed by atoms with van der Waals surface area (Å²) in [6, 6.07) is 10.6. The van der Waals surface area contributed by atoms with Crippen LogP contribution in [0.15, 0.2) is 53.1 Å². The minimum Gasteiger partial charge on any atom is -0.479 e. The third-order valence-electron chi connectivity index (χ3n) is 3.95. The highest BCUT2D eigenvalue weighted by atomic mass is 35.5. The van der Waals surface area contributed by atoms with Crippen LogP contribution in [0.4, 0.5) is 0 Å². The molecule has 8 nitrogen and oxygen atoms in total. The largest absolute Gasteiger partial charge is 0.479 e. The number of furan rings is 1. The third kappa shape index (κ3) is 4.36. The van der Waals surface area contributed by atoms with E-state index < -0.39 is 24.0 Å². The maximum atomic E-state index is 12.5. The highest BCUT2D eigenvalue weighted by Crippen LogP contribution is 2.20. The van der Waals surface area contributed by atoms with E-state index in [9.17, 15) is 14.7 Å². The molecular weight excluding hydrogens is 374 g/mol. The van der Waals surface area contributed by atoms with Crippen molar-refractivity contribution in [1.82, 2.24) is 15.5 Å². The molecule has 9 heteroatoms. The van der Waals surface area contributed by atoms with E-state index in [0.717, 1.165) is 0 Å². The molecule has 0 fully saturated rings. The Balaban J connectivity index is 1.78. The molecule has 2 heterocycles. The number of amides is 1. The highest BCUT2D eigenvalue weighted by Gasteiger charge is 2.29. The number of carboxylic acids is 1. The molecule has 0 saturated heterocycles. The van der Waals surface area contributed by atoms with E-state index in [1.165, 1.54) is 12.3 Å². The van der Waals surface area contributed by atoms with Gasteiger partial charge in [-0.15, -0.1) is 0 Å². The number of rotatable bonds is 7. The van der Waals surface area contributed by atoms with Gasteiger partial charge in [0, 0.05) is 11.1 Å². The van der Waals surface area contributed by atoms with Crippen molar-refractivity contribution in [2.24, 2.45) is 0 Å². The van der Waals surface area contributed by atoms with Crippen LogP contribution in [0.5, 0.6) is 0 Å². The number of hydrogen-bond donors (Lipinski definition) is 4. The second-order valence-corrected chi connectivity index (χ2v) is 6.21. The molecule has 0 unspecified atom stereocenters. The molecule has 0 radical (unpaired) electrons. The molecule has 0 bridgehead atoms. The summed E-state index contributed by atoms with van der Waals surface area (Å²) >= 11 is 6.10. The molecule has 0 saturated carbocycles. The number of hydrogen-bond acceptors (Lipinski definition) is 5. The van der Waals surface area contributed by atoms with Crippen molar-refractivity contribution >= 4 is 23.5 Å². The number of carbonyl (C=O) groups excluding carboxylic acids is 1. The average molecular weight is 390 g/mol. The Bertz CT molecular complexity index is 938. The van der Waals surface area contributed by atoms with E-state index in [4.69, 9.17) is 21.1 Å². The van der Waals surface area contributed by atoms with Crippen LogP contribution in [0.3, 0.4) is 0 Å². The van der Waals surface area contributed by atoms with Crippen molar-refractivity contribution in [3.63, 3.8) is 0 Å². The molecule has 0 aliphatic carbocycles. The van der Waals surface area contributed by atoms with E-state index in [2.05, 4.69) is 15.5 Å². The number of nitrogens with zero attached hydrogens (tertiary/aromatic N) is 1. The van der Waals surface area contributed by atoms with Gasteiger partial charge in [-0.2, -0.15) is 5.10 Å². The summed E-state index contributed by atoms with van der Waals surface area (Å²) in [5.41, 5.74) is 1.12. The molecule has 0 aliphatic rings. The van der Waals surface area contributed by atoms with E-state index in [0.29, 0.717) is 22.0 Å². The smallest absolute Gasteiger partial charge is 0.334 e. The Morgan fingerprint density at radius 1 is 1.26 bits per heavy atom. The summed E-state index contributed by atoms with van der Waals surface area (Å²) in [5.74, 6) is -1.59. The van der Waals surface area contributed by atoms with Crippen molar-refractivity contribution in [1.29, 1.82) is 0 Å². The van der Waals surface area contributed by atoms with Gasteiger partial charge in [0.05, 0.1) is 12.3 Å². The van der Waals surface area contributed by atoms with E-state index >= 15 is 0 Å². The molecule has 1 aromatic carbocycles. The van der Waals surface area contributed by atoms with Crippen LogP contribution in [-0.2, 0) is 11.2 Å². The molecule has 2 aromatic heterocycles. The van der Waals surface area contributed by atoms with Crippen LogP contribution < -0.4 is 5.32 Å². The lowest BCUT2D eigenvalue weighted by atomic mass is 10.0. The van der Waals surface area contributed by atoms with Gasteiger partial charge in [0.15, 0.2) is 17.6 Å². The number of aliphatic hydroxyl groups excluding tert-OH is 1. The number of aromatic amines is 1. The van der Waals surface area contributed by atoms with Gasteiger partial charge in [-0.3, -0.25) is 9.89 Å². The van der Waals surface area contributed by atoms with Gasteiger partial charge in [0.25, 0.3) is 5.91 Å². The Labute approximate surface area is 158 Å². The number of halogens is 1. The van der Waals surface area contributed by atoms with E-state index in [1.54, 1.807) is 36.4 Å². The lowest BCUT2D eigenvalue weighted by Crippen LogP contribution is -2.48. The van der Waals surface area contributed by atoms with Crippen LogP contribution in [-0.4, -0.2) is 44.4 Å². The Morgan fingerprint density at radius 3 is 2.70 bits per heavy atom. The minimum atomic E-state index is -1.81. The van der Waals surface area contributed by atoms with Crippen LogP contribution in [0, 0.1) is 0 Å². The predicted molar refractivity (Wildman–Crippen MR) is 96.3 cm³/mol. The van der Waals surface area contributed by atoms with Crippen molar-refractivity contribution in [3.8, 4) is 11.5 Å². The zero-order valence-corrected chi connectivity index (χ0v) is 14.7. The van der Waals surface area contributed by atoms with Gasteiger partial charge >= 0.3 is 5.97 Å². The number of aromatic nitrogens is 2. The van der Waals surface area contributed by atoms with Crippen LogP contribution in [0.2, 0.25) is 5.02 Å². The van der Waals surface area contributed by atoms with Crippen molar-refractivity contribution in [3.05, 3.63) is 65.0 Å². The molecule has 2 atom stereocenters. The molecule has 3 aromatic rings. The molecule has 0 aliphatic heterocycles. The fraction of sp³-hybridized carbons (Fsp3) is 0.167. The van der Waals surface area contributed by atoms with Crippen LogP contribution in [0.1, 0.15) is 16.1 Å². The molecule has 1 amide bonds. The maximum Gasteiger partial charge on any atom is 0.334 e. The van der Waals surface area contributed by atoms with Crippen molar-refractivity contribution in [2.75, 3.05) is 0 Å². The SMILES string of the molecule is O=C(N[C@H](Cc1ccccc1Cl)[C@@H](O)C(=O)O)c1cc(-c2ccco2)[nH]n1. The first kappa shape index (κ1) is 18.7. The normalized spacial score (nSPS) is 13.1. The number of nitrogens with one attached hydrogen (secondary N) is 2. The second-order valence-electron chi connectivity index (χ2n) is 5.80. The Hall–Kier alpha value is -3.10. The van der Waals surface area contributed by atoms with Gasteiger partial charge in [-0.1, -0.05) is 29.8 Å². The zero-order valence-electron chi connectivity index (χ0n) is 13.9. The maximum absolute atomic E-state index is 12.5. The molecule has 27 heavy (non-hydrogen) atoms. The van der Waals surface area contributed by atoms with Gasteiger partial charge in [-0.25, -0.2) is 4.79 Å². The number of aliphatic carboxylic acids is 1. The average Bonchev–Trinajstić information content (AvgIpc) is 3.33. The number of H-pyrrole nitrogens is 1. The Morgan fingerprint density at radius 2 is 2.04 bits per heavy atom. The highest BCUT2D eigenvalue weighted by molar-refractivity contribution is 6.31. The Kier molecular flexibility index (Phi) is 5.58. The first-order chi connectivity index (χ1) is 13.0. The van der Waals surface area contributed by atoms with Gasteiger partial charge in [0.2, 0.25) is 0 Å². The van der Waals surface area contributed by atoms with Crippen molar-refractivity contribution < 1.29 is 24.2 Å². The van der Waals surface area contributed by atoms with Crippen molar-refractivity contribution in [2.45, 2.75) is 18.6 Å². The summed E-state index contributed by atoms with van der Waals surface area (Å²) in [6.45, 7) is 0. The summed E-state index contributed by atoms with van der Waals surface area (Å²) in [4.78, 5) is 23.7. The summed E-state index contributed by atoms with van der Waals surface area (Å²) in [6.07, 6.45) is -0.290. The fourth-order valence-corrected chi connectivity index (χ4v) is 2.77. The standard InChI is InChI=1S/C18H16ClN3O5/c19-11-5-2-1-4-10(11)8-13(16(23)18(25)26)20-17(24)14-9-12(21-22-14)15-6-3-7-27-15/h1-7,9,13,16,23H,8H2,(H,20,24)(H,21,22)(H,25,26)/t13-,16-/m1/s1. The molecular formula is C18H16ClN3O5. The monoisotopic (exact) mass is 389 g/mol. The molecule has 3 rings (SSSR count). The first-order valence-corrected chi connectivity index (χ1v) is 8.38. The van der Waals surface area contributed by atoms with Crippen LogP contribution in [0.25, 0.3) is 11.5 Å². The first-order valence-electron chi connectivity index (χ1n) is 8.00. The lowest BCUT2D eigenvalue weighted by molar-refractivity contribution is -0.148. The molecule has 4 N–H and O–H groups in total. The van der Waals surface area contributed by atoms with Gasteiger partial charge in [0.1, 0.15) is 5.69 Å². The summed E-state index contributed by atoms with van der Waals surface area (Å²) in [7, 11) is 0. The summed E-state index contributed by atoms with van der Waals surface area (Å²) < 4.78 is 5.22. The molecule has 140 valence electrons. The van der Waals surface area contributed by atoms with Gasteiger partial charge < -0.3 is 19.9 Å². The third-order valence-corrected chi connectivity index (χ3v) is 4.31. The fourth-order valence-electron chi connectivity index (χ4n) is 2.55. The number of aliphatic hydroxyl groups is 1. The van der Waals surface area contributed by atoms with E-state index in [-0.39, 0.29) is 12.1 Å². The van der Waals surface area contributed by atoms with Crippen LogP contribution >= 0.6 is 11.6 Å². The second kappa shape index (κ2) is 8.07. The molecule has 0 spiro atoms. The quantitative estimate of drug-likeness (QED) is 0.490. The topological polar surface area (TPSA) is 128 Å². The van der Waals surface area contributed by atoms with E-state index in [1.807, 2.05) is 0 Å². The predicted octanol–water partition coefficient (Wildman–Crippen LogP) is 2.11. The zero-order chi connectivity index (χ0) is 19.4. The number of carboxylic acid groups (broad SMARTS) is 1. The number of carbonyl (C=O) groups is 2. The van der Waals surface area contributed by atoms with Gasteiger partial charge in [-0.05, 0) is 30.2 Å². The summed E-state index contributed by atoms with van der Waals surface area (Å²) in [5, 5.41) is 28.6. The lowest BCUT2D eigenvalue weighted by Gasteiger charge is -2.21. The minimum absolute atomic E-state index is 0.0307. The number of benzene rings is 1.